The zero-order valence-corrected chi connectivity index (χ0v) is 11.6. The Bertz CT molecular complexity index is 685. The summed E-state index contributed by atoms with van der Waals surface area (Å²) in [4.78, 5) is 20.7. The molecule has 1 aromatic rings. The standard InChI is InChI=1S/C10H12N4O6S/c1-6(15)12-7-2-3-9(21(18,19)20)8(4-7)13-14-11-5-10(16)17/h2-4H,5H2,1H3,(H,11,13)(H,12,15)(H,16,17)(H,18,19,20). The highest BCUT2D eigenvalue weighted by Gasteiger charge is 2.16. The van der Waals surface area contributed by atoms with Gasteiger partial charge in [-0.3, -0.25) is 19.6 Å². The van der Waals surface area contributed by atoms with E-state index in [0.29, 0.717) is 0 Å². The number of nitrogens with zero attached hydrogens (tertiary/aromatic N) is 2. The number of carbonyl (C=O) groups is 2. The molecule has 10 nitrogen and oxygen atoms in total. The summed E-state index contributed by atoms with van der Waals surface area (Å²) in [5.41, 5.74) is 2.04. The van der Waals surface area contributed by atoms with Crippen molar-refractivity contribution in [2.24, 2.45) is 10.3 Å². The largest absolute Gasteiger partial charge is 0.480 e. The Balaban J connectivity index is 3.11. The average Bonchev–Trinajstić information content (AvgIpc) is 2.32. The second-order valence-electron chi connectivity index (χ2n) is 3.77. The molecule has 1 rings (SSSR count). The molecule has 0 spiro atoms. The third-order valence-corrected chi connectivity index (χ3v) is 2.92. The number of anilines is 1. The maximum Gasteiger partial charge on any atom is 0.324 e. The minimum atomic E-state index is -4.54. The van der Waals surface area contributed by atoms with Crippen LogP contribution in [0, 0.1) is 0 Å². The van der Waals surface area contributed by atoms with Gasteiger partial charge >= 0.3 is 5.97 Å². The fourth-order valence-corrected chi connectivity index (χ4v) is 1.89. The minimum absolute atomic E-state index is 0.238. The number of carbonyl (C=O) groups excluding carboxylic acids is 1. The molecule has 0 heterocycles. The zero-order chi connectivity index (χ0) is 16.0. The van der Waals surface area contributed by atoms with E-state index in [1.54, 1.807) is 0 Å². The minimum Gasteiger partial charge on any atom is -0.480 e. The van der Waals surface area contributed by atoms with Crippen LogP contribution in [0.4, 0.5) is 11.4 Å². The normalized spacial score (nSPS) is 11.3. The zero-order valence-electron chi connectivity index (χ0n) is 10.8. The monoisotopic (exact) mass is 316 g/mol. The molecule has 0 atom stereocenters. The van der Waals surface area contributed by atoms with Crippen molar-refractivity contribution in [3.63, 3.8) is 0 Å². The van der Waals surface area contributed by atoms with E-state index < -0.39 is 27.5 Å². The molecule has 114 valence electrons. The average molecular weight is 316 g/mol. The van der Waals surface area contributed by atoms with Crippen LogP contribution in [0.2, 0.25) is 0 Å². The van der Waals surface area contributed by atoms with Crippen molar-refractivity contribution in [1.29, 1.82) is 0 Å². The first-order valence-corrected chi connectivity index (χ1v) is 6.88. The summed E-state index contributed by atoms with van der Waals surface area (Å²) >= 11 is 0. The summed E-state index contributed by atoms with van der Waals surface area (Å²) in [5.74, 6) is -1.57. The van der Waals surface area contributed by atoms with E-state index in [1.165, 1.54) is 13.0 Å². The first-order chi connectivity index (χ1) is 9.70. The molecule has 0 aliphatic heterocycles. The van der Waals surface area contributed by atoms with Crippen LogP contribution < -0.4 is 10.7 Å². The van der Waals surface area contributed by atoms with E-state index in [0.717, 1.165) is 12.1 Å². The van der Waals surface area contributed by atoms with Crippen molar-refractivity contribution < 1.29 is 27.7 Å². The molecule has 0 aliphatic rings. The number of carboxylic acid groups (broad SMARTS) is 1. The first-order valence-electron chi connectivity index (χ1n) is 5.44. The summed E-state index contributed by atoms with van der Waals surface area (Å²) in [7, 11) is -4.54. The van der Waals surface area contributed by atoms with Crippen molar-refractivity contribution >= 4 is 33.4 Å². The van der Waals surface area contributed by atoms with Crippen molar-refractivity contribution in [2.75, 3.05) is 11.9 Å². The molecule has 11 heteroatoms. The highest BCUT2D eigenvalue weighted by molar-refractivity contribution is 7.86. The fraction of sp³-hybridized carbons (Fsp3) is 0.200. The van der Waals surface area contributed by atoms with Crippen LogP contribution in [0.1, 0.15) is 6.92 Å². The molecule has 0 unspecified atom stereocenters. The summed E-state index contributed by atoms with van der Waals surface area (Å²) in [5, 5.41) is 17.5. The van der Waals surface area contributed by atoms with Crippen molar-refractivity contribution in [3.05, 3.63) is 18.2 Å². The summed E-state index contributed by atoms with van der Waals surface area (Å²) in [6.07, 6.45) is 0. The third kappa shape index (κ3) is 5.54. The molecule has 1 amide bonds. The van der Waals surface area contributed by atoms with Crippen molar-refractivity contribution in [3.8, 4) is 0 Å². The Kier molecular flexibility index (Phi) is 5.32. The van der Waals surface area contributed by atoms with Gasteiger partial charge in [0.05, 0.1) is 0 Å². The van der Waals surface area contributed by atoms with Gasteiger partial charge in [-0.15, -0.1) is 5.11 Å². The molecule has 0 aromatic heterocycles. The topological polar surface area (TPSA) is 158 Å². The number of rotatable bonds is 6. The SMILES string of the molecule is CC(=O)Nc1ccc(S(=O)(=O)O)c(N=NNCC(=O)O)c1. The van der Waals surface area contributed by atoms with Crippen molar-refractivity contribution in [2.45, 2.75) is 11.8 Å². The number of carboxylic acids is 1. The van der Waals surface area contributed by atoms with E-state index in [1.807, 2.05) is 0 Å². The predicted octanol–water partition coefficient (Wildman–Crippen LogP) is 0.565. The number of benzene rings is 1. The van der Waals surface area contributed by atoms with Crippen LogP contribution in [0.15, 0.2) is 33.4 Å². The highest BCUT2D eigenvalue weighted by atomic mass is 32.2. The van der Waals surface area contributed by atoms with Crippen molar-refractivity contribution in [1.82, 2.24) is 5.43 Å². The van der Waals surface area contributed by atoms with Crippen LogP contribution in [-0.4, -0.2) is 36.5 Å². The van der Waals surface area contributed by atoms with E-state index in [-0.39, 0.29) is 17.3 Å². The Morgan fingerprint density at radius 1 is 1.33 bits per heavy atom. The van der Waals surface area contributed by atoms with Gasteiger partial charge in [-0.2, -0.15) is 8.42 Å². The Hall–Kier alpha value is -2.53. The molecule has 1 aromatic carbocycles. The Morgan fingerprint density at radius 3 is 2.52 bits per heavy atom. The lowest BCUT2D eigenvalue weighted by molar-refractivity contribution is -0.136. The van der Waals surface area contributed by atoms with Crippen LogP contribution in [0.5, 0.6) is 0 Å². The van der Waals surface area contributed by atoms with Crippen LogP contribution in [0.25, 0.3) is 0 Å². The summed E-state index contributed by atoms with van der Waals surface area (Å²) in [6, 6.07) is 3.46. The van der Waals surface area contributed by atoms with E-state index in [9.17, 15) is 18.0 Å². The third-order valence-electron chi connectivity index (χ3n) is 2.02. The fourth-order valence-electron chi connectivity index (χ4n) is 1.29. The molecule has 0 saturated carbocycles. The maximum absolute atomic E-state index is 11.2. The maximum atomic E-state index is 11.2. The van der Waals surface area contributed by atoms with Gasteiger partial charge in [0, 0.05) is 12.6 Å². The Labute approximate surface area is 119 Å². The van der Waals surface area contributed by atoms with Gasteiger partial charge in [-0.25, -0.2) is 0 Å². The van der Waals surface area contributed by atoms with Crippen LogP contribution in [-0.2, 0) is 19.7 Å². The lowest BCUT2D eigenvalue weighted by atomic mass is 10.3. The number of hydrogen-bond donors (Lipinski definition) is 4. The molecule has 0 bridgehead atoms. The van der Waals surface area contributed by atoms with Gasteiger partial charge in [0.1, 0.15) is 17.1 Å². The molecule has 0 saturated heterocycles. The van der Waals surface area contributed by atoms with Gasteiger partial charge in [0.25, 0.3) is 10.1 Å². The van der Waals surface area contributed by atoms with E-state index in [2.05, 4.69) is 21.1 Å². The van der Waals surface area contributed by atoms with Crippen LogP contribution >= 0.6 is 0 Å². The lowest BCUT2D eigenvalue weighted by Gasteiger charge is -2.06. The second kappa shape index (κ2) is 6.76. The quantitative estimate of drug-likeness (QED) is 0.339. The smallest absolute Gasteiger partial charge is 0.324 e. The summed E-state index contributed by atoms with van der Waals surface area (Å²) < 4.78 is 31.4. The van der Waals surface area contributed by atoms with Gasteiger partial charge < -0.3 is 10.4 Å². The number of nitrogens with one attached hydrogen (secondary N) is 2. The van der Waals surface area contributed by atoms with E-state index >= 15 is 0 Å². The van der Waals surface area contributed by atoms with E-state index in [4.69, 9.17) is 9.66 Å². The van der Waals surface area contributed by atoms with Gasteiger partial charge in [0.2, 0.25) is 5.91 Å². The second-order valence-corrected chi connectivity index (χ2v) is 5.16. The summed E-state index contributed by atoms with van der Waals surface area (Å²) in [6.45, 7) is 0.738. The molecule has 21 heavy (non-hydrogen) atoms. The molecule has 4 N–H and O–H groups in total. The van der Waals surface area contributed by atoms with Gasteiger partial charge in [0.15, 0.2) is 0 Å². The number of amides is 1. The van der Waals surface area contributed by atoms with Crippen LogP contribution in [0.3, 0.4) is 0 Å². The van der Waals surface area contributed by atoms with Gasteiger partial charge in [-0.05, 0) is 18.2 Å². The molecule has 0 aliphatic carbocycles. The predicted molar refractivity (Wildman–Crippen MR) is 70.7 cm³/mol. The molecular formula is C10H12N4O6S. The van der Waals surface area contributed by atoms with Gasteiger partial charge in [-0.1, -0.05) is 5.22 Å². The lowest BCUT2D eigenvalue weighted by Crippen LogP contribution is -2.16. The number of hydrogen-bond acceptors (Lipinski definition) is 6. The molecule has 0 fully saturated rings. The number of aliphatic carboxylic acids is 1. The molecular weight excluding hydrogens is 304 g/mol. The molecule has 0 radical (unpaired) electrons. The Morgan fingerprint density at radius 2 is 2.00 bits per heavy atom. The first kappa shape index (κ1) is 16.5. The highest BCUT2D eigenvalue weighted by Crippen LogP contribution is 2.27.